The zero-order chi connectivity index (χ0) is 19.7. The number of benzene rings is 1. The summed E-state index contributed by atoms with van der Waals surface area (Å²) < 4.78 is 41.7. The van der Waals surface area contributed by atoms with E-state index in [1.807, 2.05) is 0 Å². The lowest BCUT2D eigenvalue weighted by Gasteiger charge is -2.10. The van der Waals surface area contributed by atoms with Crippen LogP contribution in [0.5, 0.6) is 11.5 Å². The van der Waals surface area contributed by atoms with Crippen LogP contribution in [0.25, 0.3) is 0 Å². The van der Waals surface area contributed by atoms with Crippen LogP contribution in [0.1, 0.15) is 13.3 Å². The van der Waals surface area contributed by atoms with Gasteiger partial charge in [0.1, 0.15) is 17.3 Å². The molecular weight excluding hydrogens is 394 g/mol. The number of rotatable bonds is 10. The lowest BCUT2D eigenvalue weighted by molar-refractivity contribution is -0.756. The van der Waals surface area contributed by atoms with Gasteiger partial charge in [0.25, 0.3) is 15.2 Å². The fourth-order valence-corrected chi connectivity index (χ4v) is 2.94. The molecule has 1 aromatic carbocycles. The number of hydrogen-bond donors (Lipinski definition) is 1. The highest BCUT2D eigenvalue weighted by Crippen LogP contribution is 2.29. The molecule has 0 fully saturated rings. The van der Waals surface area contributed by atoms with E-state index in [2.05, 4.69) is 4.84 Å². The third-order valence-electron chi connectivity index (χ3n) is 2.55. The van der Waals surface area contributed by atoms with Gasteiger partial charge in [0.05, 0.1) is 6.42 Å². The average molecular weight is 409 g/mol. The molecular formula is C13H15NO10S2. The molecule has 0 saturated carbocycles. The molecule has 0 aliphatic heterocycles. The lowest BCUT2D eigenvalue weighted by Crippen LogP contribution is -2.13. The molecule has 0 amide bonds. The third kappa shape index (κ3) is 8.13. The highest BCUT2D eigenvalue weighted by atomic mass is 32.2. The molecule has 0 atom stereocenters. The minimum atomic E-state index is -4.73. The van der Waals surface area contributed by atoms with E-state index in [-0.39, 0.29) is 30.3 Å². The van der Waals surface area contributed by atoms with Gasteiger partial charge < -0.3 is 14.3 Å². The summed E-state index contributed by atoms with van der Waals surface area (Å²) in [5, 5.41) is 9.02. The van der Waals surface area contributed by atoms with Crippen molar-refractivity contribution in [2.24, 2.45) is 0 Å². The van der Waals surface area contributed by atoms with Gasteiger partial charge in [0, 0.05) is 24.5 Å². The molecule has 144 valence electrons. The molecule has 0 saturated heterocycles. The third-order valence-corrected chi connectivity index (χ3v) is 4.38. The zero-order valence-electron chi connectivity index (χ0n) is 13.4. The predicted molar refractivity (Wildman–Crippen MR) is 88.1 cm³/mol. The fourth-order valence-electron chi connectivity index (χ4n) is 1.61. The van der Waals surface area contributed by atoms with Gasteiger partial charge in [0.2, 0.25) is 0 Å². The Morgan fingerprint density at radius 3 is 2.54 bits per heavy atom. The highest BCUT2D eigenvalue weighted by Gasteiger charge is 2.20. The van der Waals surface area contributed by atoms with Crippen LogP contribution in [0.4, 0.5) is 0 Å². The van der Waals surface area contributed by atoms with Gasteiger partial charge in [-0.3, -0.25) is 14.1 Å². The topological polar surface area (TPSA) is 159 Å². The van der Waals surface area contributed by atoms with Gasteiger partial charge in [-0.25, -0.2) is 0 Å². The lowest BCUT2D eigenvalue weighted by atomic mass is 10.3. The number of thioether (sulfide) groups is 1. The minimum absolute atomic E-state index is 0.111. The monoisotopic (exact) mass is 409 g/mol. The van der Waals surface area contributed by atoms with Crippen LogP contribution in [-0.4, -0.2) is 48.1 Å². The summed E-state index contributed by atoms with van der Waals surface area (Å²) in [4.78, 5) is 36.0. The molecule has 1 N–H and O–H groups in total. The van der Waals surface area contributed by atoms with Crippen molar-refractivity contribution >= 4 is 33.8 Å². The van der Waals surface area contributed by atoms with E-state index in [1.165, 1.54) is 17.8 Å². The van der Waals surface area contributed by atoms with Gasteiger partial charge in [0.15, 0.2) is 5.75 Å². The van der Waals surface area contributed by atoms with Crippen LogP contribution in [0.3, 0.4) is 0 Å². The Bertz CT molecular complexity index is 777. The van der Waals surface area contributed by atoms with Crippen molar-refractivity contribution in [2.75, 3.05) is 18.1 Å². The van der Waals surface area contributed by atoms with Crippen molar-refractivity contribution < 1.29 is 42.0 Å². The van der Waals surface area contributed by atoms with Crippen LogP contribution in [0.15, 0.2) is 23.1 Å². The number of carbonyl (C=O) groups is 2. The summed E-state index contributed by atoms with van der Waals surface area (Å²) in [5.74, 6) is -1.51. The van der Waals surface area contributed by atoms with Crippen LogP contribution in [-0.2, 0) is 24.5 Å². The second kappa shape index (κ2) is 9.94. The number of carbonyl (C=O) groups excluding carboxylic acids is 2. The fraction of sp³-hybridized carbons (Fsp3) is 0.385. The predicted octanol–water partition coefficient (Wildman–Crippen LogP) is 1.10. The second-order valence-electron chi connectivity index (χ2n) is 4.57. The molecule has 13 heteroatoms. The molecule has 0 bridgehead atoms. The van der Waals surface area contributed by atoms with Gasteiger partial charge in [-0.15, -0.1) is 10.1 Å². The van der Waals surface area contributed by atoms with E-state index in [4.69, 9.17) is 9.47 Å². The van der Waals surface area contributed by atoms with Gasteiger partial charge >= 0.3 is 11.9 Å². The number of esters is 2. The van der Waals surface area contributed by atoms with E-state index in [0.29, 0.717) is 0 Å². The molecule has 0 aliphatic rings. The summed E-state index contributed by atoms with van der Waals surface area (Å²) in [6.45, 7) is 0.979. The summed E-state index contributed by atoms with van der Waals surface area (Å²) >= 11 is 1.20. The smallest absolute Gasteiger partial charge is 0.312 e. The summed E-state index contributed by atoms with van der Waals surface area (Å²) in [6, 6.07) is 3.11. The quantitative estimate of drug-likeness (QED) is 0.147. The number of nitrogens with zero attached hydrogens (tertiary/aromatic N) is 1. The second-order valence-corrected chi connectivity index (χ2v) is 7.19. The Kier molecular flexibility index (Phi) is 8.28. The normalized spacial score (nSPS) is 10.8. The van der Waals surface area contributed by atoms with Gasteiger partial charge in [-0.05, 0) is 12.1 Å². The first-order valence-electron chi connectivity index (χ1n) is 6.95. The van der Waals surface area contributed by atoms with Gasteiger partial charge in [-0.1, -0.05) is 0 Å². The maximum Gasteiger partial charge on any atom is 0.312 e. The molecule has 0 radical (unpaired) electrons. The average Bonchev–Trinajstić information content (AvgIpc) is 2.50. The molecule has 0 heterocycles. The summed E-state index contributed by atoms with van der Waals surface area (Å²) in [5.41, 5.74) is 0. The van der Waals surface area contributed by atoms with Crippen molar-refractivity contribution in [1.82, 2.24) is 0 Å². The number of ether oxygens (including phenoxy) is 2. The van der Waals surface area contributed by atoms with Crippen LogP contribution in [0.2, 0.25) is 0 Å². The van der Waals surface area contributed by atoms with Crippen LogP contribution >= 0.6 is 11.8 Å². The molecule has 0 aliphatic carbocycles. The van der Waals surface area contributed by atoms with Gasteiger partial charge in [-0.2, -0.15) is 20.2 Å². The summed E-state index contributed by atoms with van der Waals surface area (Å²) in [6.07, 6.45) is -0.111. The Morgan fingerprint density at radius 1 is 1.27 bits per heavy atom. The van der Waals surface area contributed by atoms with E-state index < -0.39 is 37.8 Å². The molecule has 0 unspecified atom stereocenters. The first-order chi connectivity index (χ1) is 12.1. The molecule has 1 rings (SSSR count). The maximum absolute atomic E-state index is 11.8. The highest BCUT2D eigenvalue weighted by molar-refractivity contribution is 7.99. The Balaban J connectivity index is 2.66. The number of hydrogen-bond acceptors (Lipinski definition) is 10. The summed E-state index contributed by atoms with van der Waals surface area (Å²) in [7, 11) is -4.73. The molecule has 11 nitrogen and oxygen atoms in total. The largest absolute Gasteiger partial charge is 0.427 e. The first-order valence-corrected chi connectivity index (χ1v) is 9.54. The van der Waals surface area contributed by atoms with Crippen LogP contribution < -0.4 is 9.47 Å². The van der Waals surface area contributed by atoms with E-state index in [1.54, 1.807) is 0 Å². The molecule has 1 aromatic rings. The Labute approximate surface area is 152 Å². The maximum atomic E-state index is 11.8. The van der Waals surface area contributed by atoms with Crippen molar-refractivity contribution in [3.05, 3.63) is 28.3 Å². The van der Waals surface area contributed by atoms with Crippen LogP contribution in [0, 0.1) is 10.1 Å². The SMILES string of the molecule is CC(=O)Oc1ccc(OC(=O)CCSCCO[N+](=O)[O-])c(S(=O)(=O)O)c1. The standard InChI is InChI=1S/C13H15NO10S2/c1-9(15)23-10-2-3-11(12(8-10)26(19,20)21)24-13(16)4-6-25-7-5-22-14(17)18/h2-3,8H,4-7H2,1H3,(H,19,20,21). The van der Waals surface area contributed by atoms with Crippen molar-refractivity contribution in [2.45, 2.75) is 18.2 Å². The molecule has 26 heavy (non-hydrogen) atoms. The van der Waals surface area contributed by atoms with E-state index in [9.17, 15) is 32.7 Å². The molecule has 0 aromatic heterocycles. The minimum Gasteiger partial charge on any atom is -0.427 e. The Morgan fingerprint density at radius 2 is 1.96 bits per heavy atom. The Hall–Kier alpha value is -2.38. The van der Waals surface area contributed by atoms with E-state index in [0.717, 1.165) is 19.1 Å². The van der Waals surface area contributed by atoms with E-state index >= 15 is 0 Å². The molecule has 0 spiro atoms. The van der Waals surface area contributed by atoms with Crippen molar-refractivity contribution in [3.8, 4) is 11.5 Å². The zero-order valence-corrected chi connectivity index (χ0v) is 15.1. The first kappa shape index (κ1) is 21.7. The van der Waals surface area contributed by atoms with Crippen molar-refractivity contribution in [1.29, 1.82) is 0 Å². The van der Waals surface area contributed by atoms with Crippen molar-refractivity contribution in [3.63, 3.8) is 0 Å².